The molecule has 3 aromatic rings. The summed E-state index contributed by atoms with van der Waals surface area (Å²) in [7, 11) is 1.62. The summed E-state index contributed by atoms with van der Waals surface area (Å²) in [6.07, 6.45) is 0. The minimum Gasteiger partial charge on any atom is -0.497 e. The average molecular weight is 465 g/mol. The van der Waals surface area contributed by atoms with E-state index in [-0.39, 0.29) is 11.9 Å². The molecule has 3 aromatic carbocycles. The van der Waals surface area contributed by atoms with Gasteiger partial charge in [0.05, 0.1) is 13.2 Å². The van der Waals surface area contributed by atoms with Crippen LogP contribution in [0.4, 0.5) is 0 Å². The summed E-state index contributed by atoms with van der Waals surface area (Å²) in [4.78, 5) is 17.4. The lowest BCUT2D eigenvalue weighted by Crippen LogP contribution is -2.49. The van der Waals surface area contributed by atoms with Crippen molar-refractivity contribution in [2.75, 3.05) is 33.3 Å². The minimum absolute atomic E-state index is 0.0634. The van der Waals surface area contributed by atoms with Gasteiger partial charge in [0, 0.05) is 36.2 Å². The van der Waals surface area contributed by atoms with Gasteiger partial charge in [0.15, 0.2) is 0 Å². The van der Waals surface area contributed by atoms with Crippen molar-refractivity contribution in [3.63, 3.8) is 0 Å². The molecule has 1 aliphatic heterocycles. The normalized spacial score (nSPS) is 15.6. The van der Waals surface area contributed by atoms with Crippen molar-refractivity contribution in [2.45, 2.75) is 6.04 Å². The summed E-state index contributed by atoms with van der Waals surface area (Å²) in [5.74, 6) is 0.771. The number of halogens is 1. The Hall–Kier alpha value is -2.63. The molecule has 0 bridgehead atoms. The summed E-state index contributed by atoms with van der Waals surface area (Å²) in [6, 6.07) is 26.7. The van der Waals surface area contributed by atoms with Gasteiger partial charge in [0.2, 0.25) is 0 Å². The van der Waals surface area contributed by atoms with Gasteiger partial charge in [-0.3, -0.25) is 9.69 Å². The predicted molar refractivity (Wildman–Crippen MR) is 123 cm³/mol. The third-order valence-electron chi connectivity index (χ3n) is 5.58. The van der Waals surface area contributed by atoms with Crippen LogP contribution in [0.5, 0.6) is 5.75 Å². The maximum absolute atomic E-state index is 13.0. The highest BCUT2D eigenvalue weighted by atomic mass is 79.9. The molecule has 1 atom stereocenters. The Morgan fingerprint density at radius 1 is 0.867 bits per heavy atom. The van der Waals surface area contributed by atoms with Crippen molar-refractivity contribution in [3.05, 3.63) is 100 Å². The summed E-state index contributed by atoms with van der Waals surface area (Å²) in [5.41, 5.74) is 3.21. The number of hydrogen-bond acceptors (Lipinski definition) is 3. The molecule has 5 heteroatoms. The second-order valence-corrected chi connectivity index (χ2v) is 8.34. The van der Waals surface area contributed by atoms with Gasteiger partial charge in [-0.2, -0.15) is 0 Å². The molecule has 0 N–H and O–H groups in total. The van der Waals surface area contributed by atoms with E-state index in [9.17, 15) is 4.79 Å². The predicted octanol–water partition coefficient (Wildman–Crippen LogP) is 5.01. The quantitative estimate of drug-likeness (QED) is 0.532. The van der Waals surface area contributed by atoms with E-state index in [1.807, 2.05) is 35.2 Å². The number of amides is 1. The molecule has 30 heavy (non-hydrogen) atoms. The van der Waals surface area contributed by atoms with Crippen LogP contribution in [-0.2, 0) is 0 Å². The van der Waals surface area contributed by atoms with Crippen molar-refractivity contribution >= 4 is 21.8 Å². The Balaban J connectivity index is 1.51. The van der Waals surface area contributed by atoms with Crippen LogP contribution in [0.2, 0.25) is 0 Å². The van der Waals surface area contributed by atoms with Crippen LogP contribution in [0.15, 0.2) is 83.3 Å². The van der Waals surface area contributed by atoms with Crippen molar-refractivity contribution in [1.29, 1.82) is 0 Å². The third-order valence-corrected chi connectivity index (χ3v) is 6.11. The average Bonchev–Trinajstić information content (AvgIpc) is 2.81. The Morgan fingerprint density at radius 2 is 1.53 bits per heavy atom. The van der Waals surface area contributed by atoms with Crippen LogP contribution in [0, 0.1) is 0 Å². The minimum atomic E-state index is 0.0634. The van der Waals surface area contributed by atoms with Gasteiger partial charge in [-0.25, -0.2) is 0 Å². The molecule has 4 nitrogen and oxygen atoms in total. The van der Waals surface area contributed by atoms with Crippen LogP contribution < -0.4 is 4.74 Å². The molecule has 0 unspecified atom stereocenters. The lowest BCUT2D eigenvalue weighted by atomic mass is 9.96. The Labute approximate surface area is 186 Å². The first-order valence-corrected chi connectivity index (χ1v) is 10.9. The molecule has 4 rings (SSSR count). The number of nitrogens with zero attached hydrogens (tertiary/aromatic N) is 2. The van der Waals surface area contributed by atoms with Gasteiger partial charge in [-0.05, 0) is 41.5 Å². The van der Waals surface area contributed by atoms with Crippen LogP contribution in [-0.4, -0.2) is 49.0 Å². The lowest BCUT2D eigenvalue weighted by molar-refractivity contribution is 0.0597. The first-order valence-electron chi connectivity index (χ1n) is 10.1. The largest absolute Gasteiger partial charge is 0.497 e. The molecule has 1 saturated heterocycles. The van der Waals surface area contributed by atoms with Crippen LogP contribution >= 0.6 is 15.9 Å². The number of benzene rings is 3. The summed E-state index contributed by atoms with van der Waals surface area (Å²) >= 11 is 3.54. The maximum Gasteiger partial charge on any atom is 0.254 e. The van der Waals surface area contributed by atoms with Crippen LogP contribution in [0.1, 0.15) is 27.5 Å². The lowest BCUT2D eigenvalue weighted by Gasteiger charge is -2.40. The van der Waals surface area contributed by atoms with E-state index in [1.165, 1.54) is 11.1 Å². The number of rotatable bonds is 5. The number of methoxy groups -OCH3 is 1. The van der Waals surface area contributed by atoms with E-state index in [1.54, 1.807) is 7.11 Å². The van der Waals surface area contributed by atoms with Gasteiger partial charge in [-0.15, -0.1) is 0 Å². The zero-order chi connectivity index (χ0) is 20.9. The zero-order valence-corrected chi connectivity index (χ0v) is 18.6. The third kappa shape index (κ3) is 4.58. The molecular formula is C25H25BrN2O2. The number of piperazine rings is 1. The van der Waals surface area contributed by atoms with Gasteiger partial charge in [0.1, 0.15) is 5.75 Å². The fourth-order valence-corrected chi connectivity index (χ4v) is 4.28. The summed E-state index contributed by atoms with van der Waals surface area (Å²) < 4.78 is 6.34. The first kappa shape index (κ1) is 20.6. The Kier molecular flexibility index (Phi) is 6.50. The molecule has 0 aliphatic carbocycles. The highest BCUT2D eigenvalue weighted by molar-refractivity contribution is 9.10. The molecule has 154 valence electrons. The van der Waals surface area contributed by atoms with Crippen molar-refractivity contribution in [1.82, 2.24) is 9.80 Å². The Bertz CT molecular complexity index is 984. The summed E-state index contributed by atoms with van der Waals surface area (Å²) in [5, 5.41) is 0. The molecule has 1 fully saturated rings. The Morgan fingerprint density at radius 3 is 2.20 bits per heavy atom. The molecule has 0 aromatic heterocycles. The van der Waals surface area contributed by atoms with E-state index in [0.717, 1.165) is 17.6 Å². The number of carbonyl (C=O) groups is 1. The zero-order valence-electron chi connectivity index (χ0n) is 17.0. The molecule has 1 heterocycles. The van der Waals surface area contributed by atoms with Gasteiger partial charge < -0.3 is 9.64 Å². The van der Waals surface area contributed by atoms with E-state index in [2.05, 4.69) is 69.4 Å². The molecule has 1 amide bonds. The van der Waals surface area contributed by atoms with Crippen molar-refractivity contribution in [2.24, 2.45) is 0 Å². The topological polar surface area (TPSA) is 32.8 Å². The monoisotopic (exact) mass is 464 g/mol. The smallest absolute Gasteiger partial charge is 0.254 e. The molecule has 0 saturated carbocycles. The maximum atomic E-state index is 13.0. The second-order valence-electron chi connectivity index (χ2n) is 7.42. The van der Waals surface area contributed by atoms with Crippen LogP contribution in [0.25, 0.3) is 0 Å². The van der Waals surface area contributed by atoms with E-state index >= 15 is 0 Å². The highest BCUT2D eigenvalue weighted by Gasteiger charge is 2.28. The van der Waals surface area contributed by atoms with Crippen LogP contribution in [0.3, 0.4) is 0 Å². The van der Waals surface area contributed by atoms with Crippen molar-refractivity contribution < 1.29 is 9.53 Å². The van der Waals surface area contributed by atoms with Gasteiger partial charge in [-0.1, -0.05) is 64.5 Å². The molecule has 0 radical (unpaired) electrons. The number of ether oxygens (including phenoxy) is 1. The fraction of sp³-hybridized carbons (Fsp3) is 0.240. The van der Waals surface area contributed by atoms with E-state index < -0.39 is 0 Å². The SMILES string of the molecule is COc1cccc(C(=O)N2CCN([C@H](c3ccccc3)c3ccc(Br)cc3)CC2)c1. The van der Waals surface area contributed by atoms with E-state index in [0.29, 0.717) is 24.4 Å². The van der Waals surface area contributed by atoms with Gasteiger partial charge in [0.25, 0.3) is 5.91 Å². The molecular weight excluding hydrogens is 440 g/mol. The highest BCUT2D eigenvalue weighted by Crippen LogP contribution is 2.30. The fourth-order valence-electron chi connectivity index (χ4n) is 4.02. The standard InChI is InChI=1S/C25H25BrN2O2/c1-30-23-9-5-8-21(18-23)25(29)28-16-14-27(15-17-28)24(19-6-3-2-4-7-19)20-10-12-22(26)13-11-20/h2-13,18,24H,14-17H2,1H3/t24-/m1/s1. The summed E-state index contributed by atoms with van der Waals surface area (Å²) in [6.45, 7) is 3.06. The molecule has 1 aliphatic rings. The van der Waals surface area contributed by atoms with Gasteiger partial charge >= 0.3 is 0 Å². The number of carbonyl (C=O) groups excluding carboxylic acids is 1. The molecule has 0 spiro atoms. The number of hydrogen-bond donors (Lipinski definition) is 0. The second kappa shape index (κ2) is 9.45. The van der Waals surface area contributed by atoms with Crippen molar-refractivity contribution in [3.8, 4) is 5.75 Å². The van der Waals surface area contributed by atoms with E-state index in [4.69, 9.17) is 4.74 Å². The first-order chi connectivity index (χ1) is 14.7.